The summed E-state index contributed by atoms with van der Waals surface area (Å²) in [6.45, 7) is 0. The van der Waals surface area contributed by atoms with E-state index in [-0.39, 0.29) is 5.92 Å². The summed E-state index contributed by atoms with van der Waals surface area (Å²) in [5, 5.41) is 2.53. The molecule has 1 heteroatoms. The second-order valence-corrected chi connectivity index (χ2v) is 17.1. The first-order valence-electron chi connectivity index (χ1n) is 22.0. The van der Waals surface area contributed by atoms with Crippen molar-refractivity contribution in [3.05, 3.63) is 282 Å². The summed E-state index contributed by atoms with van der Waals surface area (Å²) in [6, 6.07) is 90.4. The lowest BCUT2D eigenvalue weighted by Crippen LogP contribution is -2.28. The Bertz CT molecular complexity index is 3510. The highest BCUT2D eigenvalue weighted by molar-refractivity contribution is 6.16. The molecule has 63 heavy (non-hydrogen) atoms. The highest BCUT2D eigenvalue weighted by atomic mass is 15.0. The van der Waals surface area contributed by atoms with Crippen LogP contribution in [0.15, 0.2) is 243 Å². The second-order valence-electron chi connectivity index (χ2n) is 17.1. The van der Waals surface area contributed by atoms with E-state index in [1.54, 1.807) is 0 Å². The number of benzene rings is 10. The Morgan fingerprint density at radius 1 is 0.349 bits per heavy atom. The number of fused-ring (bicyclic) bond motifs is 10. The molecule has 0 N–H and O–H groups in total. The molecule has 2 aliphatic rings. The predicted octanol–water partition coefficient (Wildman–Crippen LogP) is 15.6. The molecule has 1 aromatic heterocycles. The van der Waals surface area contributed by atoms with E-state index >= 15 is 0 Å². The van der Waals surface area contributed by atoms with E-state index in [2.05, 4.69) is 247 Å². The van der Waals surface area contributed by atoms with Gasteiger partial charge in [-0.3, -0.25) is 0 Å². The average molecular weight is 800 g/mol. The Morgan fingerprint density at radius 3 is 1.68 bits per heavy atom. The van der Waals surface area contributed by atoms with Gasteiger partial charge in [0.2, 0.25) is 0 Å². The third-order valence-electron chi connectivity index (χ3n) is 13.9. The average Bonchev–Trinajstić information content (AvgIpc) is 3.99. The molecule has 11 aromatic rings. The predicted molar refractivity (Wildman–Crippen MR) is 262 cm³/mol. The molecule has 0 saturated heterocycles. The van der Waals surface area contributed by atoms with E-state index in [4.69, 9.17) is 0 Å². The van der Waals surface area contributed by atoms with E-state index in [1.807, 2.05) is 0 Å². The van der Waals surface area contributed by atoms with Crippen molar-refractivity contribution in [2.24, 2.45) is 0 Å². The van der Waals surface area contributed by atoms with Crippen LogP contribution in [-0.4, -0.2) is 4.57 Å². The first kappa shape index (κ1) is 35.7. The number of hydrogen-bond acceptors (Lipinski definition) is 0. The first-order chi connectivity index (χ1) is 31.3. The minimum absolute atomic E-state index is 0.215. The van der Waals surface area contributed by atoms with E-state index in [1.165, 1.54) is 105 Å². The van der Waals surface area contributed by atoms with Crippen LogP contribution in [0.3, 0.4) is 0 Å². The second kappa shape index (κ2) is 14.0. The zero-order chi connectivity index (χ0) is 41.5. The van der Waals surface area contributed by atoms with Crippen LogP contribution in [0.1, 0.15) is 44.9 Å². The molecular weight excluding hydrogens is 759 g/mol. The molecule has 1 heterocycles. The van der Waals surface area contributed by atoms with Crippen LogP contribution in [0.5, 0.6) is 0 Å². The largest absolute Gasteiger partial charge is 0.309 e. The van der Waals surface area contributed by atoms with Gasteiger partial charge in [-0.15, -0.1) is 0 Å². The lowest BCUT2D eigenvalue weighted by molar-refractivity contribution is 0.776. The highest BCUT2D eigenvalue weighted by Crippen LogP contribution is 2.59. The van der Waals surface area contributed by atoms with Crippen molar-refractivity contribution in [2.45, 2.75) is 11.3 Å². The lowest BCUT2D eigenvalue weighted by Gasteiger charge is -2.34. The Hall–Kier alpha value is -8.00. The van der Waals surface area contributed by atoms with Crippen LogP contribution in [0.4, 0.5) is 0 Å². The fourth-order valence-electron chi connectivity index (χ4n) is 11.3. The maximum atomic E-state index is 2.51. The van der Waals surface area contributed by atoms with Crippen LogP contribution >= 0.6 is 0 Å². The van der Waals surface area contributed by atoms with Crippen LogP contribution in [0, 0.1) is 0 Å². The van der Waals surface area contributed by atoms with Gasteiger partial charge in [0.05, 0.1) is 16.4 Å². The maximum Gasteiger partial charge on any atom is 0.0720 e. The van der Waals surface area contributed by atoms with E-state index in [0.29, 0.717) is 0 Å². The van der Waals surface area contributed by atoms with Crippen LogP contribution in [0.25, 0.3) is 72.0 Å². The molecule has 0 amide bonds. The zero-order valence-electron chi connectivity index (χ0n) is 34.6. The van der Waals surface area contributed by atoms with Gasteiger partial charge >= 0.3 is 0 Å². The summed E-state index contributed by atoms with van der Waals surface area (Å²) in [5.41, 5.74) is 22.3. The number of nitrogens with zero attached hydrogens (tertiary/aromatic N) is 1. The molecule has 294 valence electrons. The van der Waals surface area contributed by atoms with Crippen molar-refractivity contribution in [1.29, 1.82) is 0 Å². The topological polar surface area (TPSA) is 4.93 Å². The Labute approximate surface area is 367 Å². The maximum absolute atomic E-state index is 2.51. The van der Waals surface area contributed by atoms with E-state index < -0.39 is 5.41 Å². The van der Waals surface area contributed by atoms with Crippen molar-refractivity contribution in [3.63, 3.8) is 0 Å². The summed E-state index contributed by atoms with van der Waals surface area (Å²) in [6.07, 6.45) is 0. The molecule has 0 aliphatic heterocycles. The van der Waals surface area contributed by atoms with Gasteiger partial charge < -0.3 is 4.57 Å². The highest BCUT2D eigenvalue weighted by Gasteiger charge is 2.47. The summed E-state index contributed by atoms with van der Waals surface area (Å²) in [7, 11) is 0. The minimum Gasteiger partial charge on any atom is -0.309 e. The Balaban J connectivity index is 1.12. The normalized spacial score (nSPS) is 14.3. The molecule has 1 unspecified atom stereocenters. The van der Waals surface area contributed by atoms with Gasteiger partial charge in [-0.1, -0.05) is 206 Å². The standard InChI is InChI=1S/C62H41N/c1-5-18-41(19-6-1)43-22-17-27-48(38-43)63-57-36-33-45(44-32-34-52-54(39-44)49-28-13-14-30-51(49)59(52)42-20-7-2-8-21-42)40-55(57)60-58(63)37-35-53-50-29-15-16-31-56(50)62(61(53)60,46-23-9-3-10-24-46)47-25-11-4-12-26-47/h1-40,59H. The molecule has 0 bridgehead atoms. The molecule has 0 radical (unpaired) electrons. The van der Waals surface area contributed by atoms with E-state index in [0.717, 1.165) is 5.69 Å². The zero-order valence-corrected chi connectivity index (χ0v) is 34.6. The van der Waals surface area contributed by atoms with Gasteiger partial charge in [0.1, 0.15) is 0 Å². The summed E-state index contributed by atoms with van der Waals surface area (Å²) >= 11 is 0. The summed E-state index contributed by atoms with van der Waals surface area (Å²) in [5.74, 6) is 0.215. The van der Waals surface area contributed by atoms with Crippen molar-refractivity contribution in [2.75, 3.05) is 0 Å². The molecule has 0 fully saturated rings. The smallest absolute Gasteiger partial charge is 0.0720 e. The molecule has 10 aromatic carbocycles. The fraction of sp³-hybridized carbons (Fsp3) is 0.0323. The van der Waals surface area contributed by atoms with Crippen molar-refractivity contribution >= 4 is 21.8 Å². The summed E-state index contributed by atoms with van der Waals surface area (Å²) < 4.78 is 2.51. The monoisotopic (exact) mass is 799 g/mol. The van der Waals surface area contributed by atoms with Gasteiger partial charge in [0, 0.05) is 22.4 Å². The molecule has 1 atom stereocenters. The molecule has 13 rings (SSSR count). The first-order valence-corrected chi connectivity index (χ1v) is 22.0. The van der Waals surface area contributed by atoms with Crippen molar-refractivity contribution in [3.8, 4) is 50.2 Å². The third-order valence-corrected chi connectivity index (χ3v) is 13.9. The molecule has 0 spiro atoms. The minimum atomic E-state index is -0.557. The fourth-order valence-corrected chi connectivity index (χ4v) is 11.3. The quantitative estimate of drug-likeness (QED) is 0.158. The molecule has 2 aliphatic carbocycles. The van der Waals surface area contributed by atoms with Gasteiger partial charge in [0.25, 0.3) is 0 Å². The van der Waals surface area contributed by atoms with Crippen LogP contribution in [-0.2, 0) is 5.41 Å². The SMILES string of the molecule is c1ccc(-c2cccc(-n3c4ccc(-c5ccc6c(c5)-c5ccccc5C6c5ccccc5)cc4c4c5c(ccc43)-c3ccccc3C5(c3ccccc3)c3ccccc3)c2)cc1. The summed E-state index contributed by atoms with van der Waals surface area (Å²) in [4.78, 5) is 0. The van der Waals surface area contributed by atoms with E-state index in [9.17, 15) is 0 Å². The van der Waals surface area contributed by atoms with Crippen molar-refractivity contribution in [1.82, 2.24) is 4.57 Å². The van der Waals surface area contributed by atoms with Crippen LogP contribution < -0.4 is 0 Å². The van der Waals surface area contributed by atoms with Crippen LogP contribution in [0.2, 0.25) is 0 Å². The molecular formula is C62H41N. The van der Waals surface area contributed by atoms with Crippen molar-refractivity contribution < 1.29 is 0 Å². The van der Waals surface area contributed by atoms with Gasteiger partial charge in [-0.05, 0) is 120 Å². The lowest BCUT2D eigenvalue weighted by atomic mass is 9.67. The van der Waals surface area contributed by atoms with Gasteiger partial charge in [-0.25, -0.2) is 0 Å². The number of aromatic nitrogens is 1. The Kier molecular flexibility index (Phi) is 7.95. The molecule has 0 saturated carbocycles. The van der Waals surface area contributed by atoms with Gasteiger partial charge in [-0.2, -0.15) is 0 Å². The number of rotatable bonds is 6. The Morgan fingerprint density at radius 2 is 0.921 bits per heavy atom. The number of hydrogen-bond donors (Lipinski definition) is 0. The molecule has 1 nitrogen and oxygen atoms in total. The third kappa shape index (κ3) is 5.24. The van der Waals surface area contributed by atoms with Gasteiger partial charge in [0.15, 0.2) is 0 Å².